The molecule has 0 aromatic heterocycles. The van der Waals surface area contributed by atoms with E-state index < -0.39 is 0 Å². The van der Waals surface area contributed by atoms with Crippen molar-refractivity contribution in [2.75, 3.05) is 39.6 Å². The summed E-state index contributed by atoms with van der Waals surface area (Å²) >= 11 is 0. The van der Waals surface area contributed by atoms with Crippen LogP contribution in [0.1, 0.15) is 40.5 Å². The van der Waals surface area contributed by atoms with Crippen molar-refractivity contribution in [3.05, 3.63) is 0 Å². The molecule has 5 nitrogen and oxygen atoms in total. The summed E-state index contributed by atoms with van der Waals surface area (Å²) in [5.41, 5.74) is 0. The van der Waals surface area contributed by atoms with Gasteiger partial charge in [0.2, 0.25) is 0 Å². The van der Waals surface area contributed by atoms with Crippen LogP contribution < -0.4 is 0 Å². The normalized spacial score (nSPS) is 11.3. The lowest BCUT2D eigenvalue weighted by Crippen LogP contribution is -2.15. The van der Waals surface area contributed by atoms with Crippen LogP contribution in [0, 0.1) is 5.92 Å². The number of esters is 1. The molecule has 0 saturated heterocycles. The molecular formula is C15H30O5. The summed E-state index contributed by atoms with van der Waals surface area (Å²) in [6, 6.07) is 0. The Hall–Kier alpha value is -0.650. The first-order valence-electron chi connectivity index (χ1n) is 7.45. The number of hydrogen-bond donors (Lipinski definition) is 0. The minimum atomic E-state index is -0.223. The zero-order chi connectivity index (χ0) is 15.2. The fraction of sp³-hybridized carbons (Fsp3) is 0.933. The molecule has 0 aliphatic rings. The average molecular weight is 290 g/mol. The zero-order valence-electron chi connectivity index (χ0n) is 13.4. The Kier molecular flexibility index (Phi) is 12.9. The summed E-state index contributed by atoms with van der Waals surface area (Å²) < 4.78 is 21.0. The Balaban J connectivity index is 3.11. The summed E-state index contributed by atoms with van der Waals surface area (Å²) in [4.78, 5) is 11.2. The first-order valence-corrected chi connectivity index (χ1v) is 7.45. The Bertz CT molecular complexity index is 228. The minimum Gasteiger partial charge on any atom is -0.463 e. The summed E-state index contributed by atoms with van der Waals surface area (Å²) in [7, 11) is 0. The van der Waals surface area contributed by atoms with Gasteiger partial charge in [0.05, 0.1) is 45.6 Å². The molecule has 0 aliphatic heterocycles. The van der Waals surface area contributed by atoms with Gasteiger partial charge in [-0.15, -0.1) is 0 Å². The van der Waals surface area contributed by atoms with Gasteiger partial charge in [-0.25, -0.2) is 0 Å². The van der Waals surface area contributed by atoms with Crippen molar-refractivity contribution in [2.45, 2.75) is 46.6 Å². The zero-order valence-corrected chi connectivity index (χ0v) is 13.4. The third kappa shape index (κ3) is 15.4. The van der Waals surface area contributed by atoms with Crippen molar-refractivity contribution in [1.82, 2.24) is 0 Å². The molecule has 0 saturated carbocycles. The molecule has 0 atom stereocenters. The topological polar surface area (TPSA) is 54.0 Å². The molecule has 20 heavy (non-hydrogen) atoms. The van der Waals surface area contributed by atoms with E-state index in [-0.39, 0.29) is 18.5 Å². The van der Waals surface area contributed by atoms with Crippen molar-refractivity contribution in [3.8, 4) is 0 Å². The van der Waals surface area contributed by atoms with Crippen LogP contribution in [0.3, 0.4) is 0 Å². The smallest absolute Gasteiger partial charge is 0.308 e. The highest BCUT2D eigenvalue weighted by molar-refractivity contribution is 5.69. The second-order valence-corrected chi connectivity index (χ2v) is 5.31. The van der Waals surface area contributed by atoms with Crippen molar-refractivity contribution in [2.24, 2.45) is 5.92 Å². The van der Waals surface area contributed by atoms with Crippen LogP contribution in [0.2, 0.25) is 0 Å². The van der Waals surface area contributed by atoms with Gasteiger partial charge in [0.1, 0.15) is 0 Å². The van der Waals surface area contributed by atoms with Crippen molar-refractivity contribution in [1.29, 1.82) is 0 Å². The molecule has 0 aliphatic carbocycles. The highest BCUT2D eigenvalue weighted by Gasteiger charge is 2.04. The van der Waals surface area contributed by atoms with E-state index in [0.29, 0.717) is 39.0 Å². The number of carbonyl (C=O) groups excluding carboxylic acids is 1. The molecule has 5 heteroatoms. The average Bonchev–Trinajstić information content (AvgIpc) is 2.34. The van der Waals surface area contributed by atoms with Crippen LogP contribution in [0.4, 0.5) is 0 Å². The summed E-state index contributed by atoms with van der Waals surface area (Å²) in [6.07, 6.45) is 1.30. The van der Waals surface area contributed by atoms with E-state index in [1.54, 1.807) is 0 Å². The second-order valence-electron chi connectivity index (χ2n) is 5.31. The van der Waals surface area contributed by atoms with Crippen molar-refractivity contribution >= 4 is 5.97 Å². The molecule has 0 aromatic carbocycles. The van der Waals surface area contributed by atoms with E-state index in [2.05, 4.69) is 13.8 Å². The third-order valence-corrected chi connectivity index (χ3v) is 2.40. The number of carbonyl (C=O) groups is 1. The standard InChI is InChI=1S/C15H30O5/c1-13(2)5-7-17-9-11-19-12-10-18-8-6-15(16)20-14(3)4/h13-14H,5-12H2,1-4H3. The predicted molar refractivity (Wildman–Crippen MR) is 77.8 cm³/mol. The lowest BCUT2D eigenvalue weighted by molar-refractivity contribution is -0.148. The fourth-order valence-electron chi connectivity index (χ4n) is 1.34. The molecule has 0 N–H and O–H groups in total. The van der Waals surface area contributed by atoms with Gasteiger partial charge < -0.3 is 18.9 Å². The third-order valence-electron chi connectivity index (χ3n) is 2.40. The van der Waals surface area contributed by atoms with Gasteiger partial charge in [0.25, 0.3) is 0 Å². The Morgan fingerprint density at radius 3 is 1.80 bits per heavy atom. The van der Waals surface area contributed by atoms with Crippen LogP contribution in [-0.4, -0.2) is 51.7 Å². The Morgan fingerprint density at radius 1 is 0.800 bits per heavy atom. The Morgan fingerprint density at radius 2 is 1.30 bits per heavy atom. The van der Waals surface area contributed by atoms with E-state index in [4.69, 9.17) is 18.9 Å². The number of rotatable bonds is 13. The summed E-state index contributed by atoms with van der Waals surface area (Å²) in [6.45, 7) is 11.4. The molecule has 0 fully saturated rings. The number of ether oxygens (including phenoxy) is 4. The first kappa shape index (κ1) is 19.4. The maximum atomic E-state index is 11.2. The van der Waals surface area contributed by atoms with E-state index in [1.165, 1.54) is 0 Å². The van der Waals surface area contributed by atoms with E-state index in [1.807, 2.05) is 13.8 Å². The van der Waals surface area contributed by atoms with Gasteiger partial charge in [-0.2, -0.15) is 0 Å². The molecule has 120 valence electrons. The first-order chi connectivity index (χ1) is 9.52. The maximum Gasteiger partial charge on any atom is 0.308 e. The van der Waals surface area contributed by atoms with Crippen molar-refractivity contribution in [3.63, 3.8) is 0 Å². The monoisotopic (exact) mass is 290 g/mol. The molecule has 0 amide bonds. The quantitative estimate of drug-likeness (QED) is 0.385. The molecule has 0 bridgehead atoms. The highest BCUT2D eigenvalue weighted by Crippen LogP contribution is 1.98. The van der Waals surface area contributed by atoms with Gasteiger partial charge in [-0.1, -0.05) is 13.8 Å². The van der Waals surface area contributed by atoms with Crippen molar-refractivity contribution < 1.29 is 23.7 Å². The van der Waals surface area contributed by atoms with E-state index in [0.717, 1.165) is 13.0 Å². The number of hydrogen-bond acceptors (Lipinski definition) is 5. The van der Waals surface area contributed by atoms with E-state index >= 15 is 0 Å². The van der Waals surface area contributed by atoms with Crippen LogP contribution in [0.5, 0.6) is 0 Å². The molecule has 0 heterocycles. The summed E-state index contributed by atoms with van der Waals surface area (Å²) in [5, 5.41) is 0. The lowest BCUT2D eigenvalue weighted by atomic mass is 10.1. The molecular weight excluding hydrogens is 260 g/mol. The summed E-state index contributed by atoms with van der Waals surface area (Å²) in [5.74, 6) is 0.450. The molecule has 0 unspecified atom stereocenters. The highest BCUT2D eigenvalue weighted by atomic mass is 16.6. The van der Waals surface area contributed by atoms with Crippen LogP contribution in [0.15, 0.2) is 0 Å². The Labute approximate surface area is 122 Å². The molecule has 0 aromatic rings. The van der Waals surface area contributed by atoms with Gasteiger partial charge in [-0.05, 0) is 26.2 Å². The van der Waals surface area contributed by atoms with Gasteiger partial charge >= 0.3 is 5.97 Å². The molecule has 0 spiro atoms. The minimum absolute atomic E-state index is 0.0680. The largest absolute Gasteiger partial charge is 0.463 e. The molecule has 0 rings (SSSR count). The van der Waals surface area contributed by atoms with Crippen LogP contribution in [-0.2, 0) is 23.7 Å². The van der Waals surface area contributed by atoms with Gasteiger partial charge in [0.15, 0.2) is 0 Å². The van der Waals surface area contributed by atoms with Gasteiger partial charge in [0, 0.05) is 6.61 Å². The predicted octanol–water partition coefficient (Wildman–Crippen LogP) is 2.42. The van der Waals surface area contributed by atoms with Gasteiger partial charge in [-0.3, -0.25) is 4.79 Å². The van der Waals surface area contributed by atoms with Crippen LogP contribution >= 0.6 is 0 Å². The second kappa shape index (κ2) is 13.3. The van der Waals surface area contributed by atoms with Crippen LogP contribution in [0.25, 0.3) is 0 Å². The lowest BCUT2D eigenvalue weighted by Gasteiger charge is -2.09. The SMILES string of the molecule is CC(C)CCOCCOCCOCCC(=O)OC(C)C. The molecule has 0 radical (unpaired) electrons. The van der Waals surface area contributed by atoms with E-state index in [9.17, 15) is 4.79 Å². The fourth-order valence-corrected chi connectivity index (χ4v) is 1.34. The maximum absolute atomic E-state index is 11.2.